The summed E-state index contributed by atoms with van der Waals surface area (Å²) in [7, 11) is 1.93. The number of hydrogen-bond acceptors (Lipinski definition) is 4. The first-order valence-corrected chi connectivity index (χ1v) is 5.57. The number of aromatic amines is 1. The molecule has 0 aromatic carbocycles. The van der Waals surface area contributed by atoms with Crippen LogP contribution in [0.15, 0.2) is 0 Å². The second kappa shape index (κ2) is 4.32. The van der Waals surface area contributed by atoms with Crippen molar-refractivity contribution in [3.8, 4) is 0 Å². The van der Waals surface area contributed by atoms with Gasteiger partial charge in [-0.25, -0.2) is 5.10 Å². The summed E-state index contributed by atoms with van der Waals surface area (Å²) in [5.74, 6) is 0.900. The molecule has 2 heterocycles. The summed E-state index contributed by atoms with van der Waals surface area (Å²) in [6.45, 7) is 4.75. The van der Waals surface area contributed by atoms with Crippen molar-refractivity contribution in [3.05, 3.63) is 4.77 Å². The zero-order valence-electron chi connectivity index (χ0n) is 9.06. The van der Waals surface area contributed by atoms with E-state index in [1.807, 2.05) is 11.6 Å². The number of hydrogen-bond donors (Lipinski definition) is 1. The summed E-state index contributed by atoms with van der Waals surface area (Å²) >= 11 is 5.09. The van der Waals surface area contributed by atoms with Crippen LogP contribution in [0.1, 0.15) is 13.3 Å². The van der Waals surface area contributed by atoms with Gasteiger partial charge in [-0.15, -0.1) is 5.10 Å². The summed E-state index contributed by atoms with van der Waals surface area (Å²) in [5.41, 5.74) is 0. The monoisotopic (exact) mass is 228 g/mol. The van der Waals surface area contributed by atoms with Crippen LogP contribution in [0.3, 0.4) is 0 Å². The molecule has 0 amide bonds. The van der Waals surface area contributed by atoms with E-state index in [1.54, 1.807) is 0 Å². The van der Waals surface area contributed by atoms with Crippen LogP contribution in [0.2, 0.25) is 0 Å². The van der Waals surface area contributed by atoms with E-state index < -0.39 is 0 Å². The lowest BCUT2D eigenvalue weighted by Gasteiger charge is -2.22. The average Bonchev–Trinajstić information content (AvgIpc) is 2.42. The Bertz CT molecular complexity index is 386. The molecule has 6 heteroatoms. The lowest BCUT2D eigenvalue weighted by atomic mass is 10.3. The highest BCUT2D eigenvalue weighted by Gasteiger charge is 2.18. The smallest absolute Gasteiger partial charge is 0.225 e. The quantitative estimate of drug-likeness (QED) is 0.731. The zero-order chi connectivity index (χ0) is 10.8. The van der Waals surface area contributed by atoms with E-state index in [-0.39, 0.29) is 6.10 Å². The Labute approximate surface area is 94.0 Å². The molecule has 1 aromatic rings. The fraction of sp³-hybridized carbons (Fsp3) is 0.778. The third kappa shape index (κ3) is 2.21. The lowest BCUT2D eigenvalue weighted by molar-refractivity contribution is 0.0820. The Balaban J connectivity index is 2.21. The van der Waals surface area contributed by atoms with Gasteiger partial charge in [0.05, 0.1) is 6.10 Å². The number of nitrogens with zero attached hydrogens (tertiary/aromatic N) is 3. The minimum atomic E-state index is 0.248. The molecule has 2 rings (SSSR count). The van der Waals surface area contributed by atoms with Gasteiger partial charge in [-0.05, 0) is 25.6 Å². The number of aromatic nitrogens is 3. The molecule has 1 aliphatic rings. The van der Waals surface area contributed by atoms with Crippen LogP contribution in [-0.4, -0.2) is 40.6 Å². The van der Waals surface area contributed by atoms with Crippen molar-refractivity contribution in [2.45, 2.75) is 19.4 Å². The molecule has 15 heavy (non-hydrogen) atoms. The maximum absolute atomic E-state index is 5.59. The van der Waals surface area contributed by atoms with Crippen LogP contribution in [0, 0.1) is 4.77 Å². The normalized spacial score (nSPS) is 22.8. The molecule has 84 valence electrons. The SMILES string of the molecule is CC1CN(c2n[nH]c(=S)n2C)CCCO1. The van der Waals surface area contributed by atoms with Gasteiger partial charge in [0.1, 0.15) is 0 Å². The highest BCUT2D eigenvalue weighted by molar-refractivity contribution is 7.71. The van der Waals surface area contributed by atoms with Gasteiger partial charge in [0.15, 0.2) is 4.77 Å². The number of anilines is 1. The molecule has 1 aliphatic heterocycles. The van der Waals surface area contributed by atoms with Crippen LogP contribution in [0.4, 0.5) is 5.95 Å². The molecule has 1 N–H and O–H groups in total. The van der Waals surface area contributed by atoms with Crippen molar-refractivity contribution in [3.63, 3.8) is 0 Å². The van der Waals surface area contributed by atoms with Crippen molar-refractivity contribution < 1.29 is 4.74 Å². The molecule has 1 fully saturated rings. The topological polar surface area (TPSA) is 46.1 Å². The predicted octanol–water partition coefficient (Wildman–Crippen LogP) is 1.09. The Morgan fingerprint density at radius 2 is 2.40 bits per heavy atom. The van der Waals surface area contributed by atoms with Crippen molar-refractivity contribution in [2.24, 2.45) is 7.05 Å². The maximum Gasteiger partial charge on any atom is 0.225 e. The molecule has 0 saturated carbocycles. The van der Waals surface area contributed by atoms with Crippen LogP contribution in [-0.2, 0) is 11.8 Å². The van der Waals surface area contributed by atoms with Gasteiger partial charge < -0.3 is 9.64 Å². The van der Waals surface area contributed by atoms with E-state index in [2.05, 4.69) is 22.0 Å². The molecular weight excluding hydrogens is 212 g/mol. The van der Waals surface area contributed by atoms with Crippen molar-refractivity contribution >= 4 is 18.2 Å². The number of H-pyrrole nitrogens is 1. The van der Waals surface area contributed by atoms with Gasteiger partial charge in [0.25, 0.3) is 0 Å². The van der Waals surface area contributed by atoms with Gasteiger partial charge in [0, 0.05) is 26.7 Å². The third-order valence-electron chi connectivity index (χ3n) is 2.59. The van der Waals surface area contributed by atoms with Gasteiger partial charge in [-0.2, -0.15) is 0 Å². The van der Waals surface area contributed by atoms with Gasteiger partial charge in [-0.1, -0.05) is 0 Å². The number of rotatable bonds is 1. The highest BCUT2D eigenvalue weighted by Crippen LogP contribution is 2.14. The molecule has 1 unspecified atom stereocenters. The van der Waals surface area contributed by atoms with E-state index in [4.69, 9.17) is 17.0 Å². The second-order valence-corrected chi connectivity index (χ2v) is 4.26. The molecule has 1 saturated heterocycles. The van der Waals surface area contributed by atoms with E-state index in [0.717, 1.165) is 32.1 Å². The fourth-order valence-corrected chi connectivity index (χ4v) is 1.92. The van der Waals surface area contributed by atoms with Crippen LogP contribution in [0.25, 0.3) is 0 Å². The lowest BCUT2D eigenvalue weighted by Crippen LogP contribution is -2.32. The van der Waals surface area contributed by atoms with Gasteiger partial charge in [0.2, 0.25) is 5.95 Å². The third-order valence-corrected chi connectivity index (χ3v) is 2.96. The predicted molar refractivity (Wildman–Crippen MR) is 60.6 cm³/mol. The summed E-state index contributed by atoms with van der Waals surface area (Å²) in [4.78, 5) is 2.21. The first kappa shape index (κ1) is 10.6. The number of ether oxygens (including phenoxy) is 1. The summed E-state index contributed by atoms with van der Waals surface area (Å²) in [6, 6.07) is 0. The van der Waals surface area contributed by atoms with Gasteiger partial charge in [-0.3, -0.25) is 4.57 Å². The largest absolute Gasteiger partial charge is 0.377 e. The van der Waals surface area contributed by atoms with Gasteiger partial charge >= 0.3 is 0 Å². The Kier molecular flexibility index (Phi) is 3.06. The van der Waals surface area contributed by atoms with E-state index >= 15 is 0 Å². The minimum Gasteiger partial charge on any atom is -0.377 e. The number of nitrogens with one attached hydrogen (secondary N) is 1. The first-order valence-electron chi connectivity index (χ1n) is 5.16. The molecule has 0 spiro atoms. The molecule has 1 aromatic heterocycles. The maximum atomic E-state index is 5.59. The van der Waals surface area contributed by atoms with Crippen LogP contribution >= 0.6 is 12.2 Å². The van der Waals surface area contributed by atoms with Crippen molar-refractivity contribution in [2.75, 3.05) is 24.6 Å². The molecule has 0 bridgehead atoms. The molecular formula is C9H16N4OS. The Morgan fingerprint density at radius 3 is 3.07 bits per heavy atom. The van der Waals surface area contributed by atoms with E-state index in [0.29, 0.717) is 4.77 Å². The minimum absolute atomic E-state index is 0.248. The molecule has 5 nitrogen and oxygen atoms in total. The van der Waals surface area contributed by atoms with Crippen molar-refractivity contribution in [1.82, 2.24) is 14.8 Å². The molecule has 0 radical (unpaired) electrons. The van der Waals surface area contributed by atoms with E-state index in [1.165, 1.54) is 0 Å². The average molecular weight is 228 g/mol. The Morgan fingerprint density at radius 1 is 1.60 bits per heavy atom. The summed E-state index contributed by atoms with van der Waals surface area (Å²) in [5, 5.41) is 7.03. The van der Waals surface area contributed by atoms with Crippen molar-refractivity contribution in [1.29, 1.82) is 0 Å². The summed E-state index contributed by atoms with van der Waals surface area (Å²) < 4.78 is 8.14. The standard InChI is InChI=1S/C9H16N4OS/c1-7-6-13(4-3-5-14-7)8-10-11-9(15)12(8)2/h7H,3-6H2,1-2H3,(H,11,15). The molecule has 0 aliphatic carbocycles. The first-order chi connectivity index (χ1) is 7.18. The molecule has 1 atom stereocenters. The zero-order valence-corrected chi connectivity index (χ0v) is 9.88. The van der Waals surface area contributed by atoms with E-state index in [9.17, 15) is 0 Å². The van der Waals surface area contributed by atoms with Crippen LogP contribution in [0.5, 0.6) is 0 Å². The summed E-state index contributed by atoms with van der Waals surface area (Å²) in [6.07, 6.45) is 1.28. The van der Waals surface area contributed by atoms with Crippen LogP contribution < -0.4 is 4.90 Å². The Hall–Kier alpha value is -0.880. The fourth-order valence-electron chi connectivity index (χ4n) is 1.80. The second-order valence-electron chi connectivity index (χ2n) is 3.87. The highest BCUT2D eigenvalue weighted by atomic mass is 32.1.